The van der Waals surface area contributed by atoms with E-state index < -0.39 is 5.91 Å². The fourth-order valence-corrected chi connectivity index (χ4v) is 2.31. The Balaban J connectivity index is 2.07. The molecule has 0 bridgehead atoms. The Morgan fingerprint density at radius 2 is 1.83 bits per heavy atom. The van der Waals surface area contributed by atoms with Crippen LogP contribution >= 0.6 is 0 Å². The van der Waals surface area contributed by atoms with E-state index in [1.165, 1.54) is 18.3 Å². The predicted molar refractivity (Wildman–Crippen MR) is 94.8 cm³/mol. The number of rotatable bonds is 6. The van der Waals surface area contributed by atoms with Crippen molar-refractivity contribution < 1.29 is 15.0 Å². The molecule has 3 N–H and O–H groups in total. The largest absolute Gasteiger partial charge is 0.507 e. The molecule has 0 aliphatic rings. The van der Waals surface area contributed by atoms with Gasteiger partial charge in [-0.2, -0.15) is 5.10 Å². The number of hydrazone groups is 1. The first-order valence-electron chi connectivity index (χ1n) is 7.76. The number of phenols is 2. The van der Waals surface area contributed by atoms with Gasteiger partial charge in [0.25, 0.3) is 5.91 Å². The third kappa shape index (κ3) is 4.04. The molecular weight excluding hydrogens is 306 g/mol. The Morgan fingerprint density at radius 3 is 2.46 bits per heavy atom. The molecule has 6 nitrogen and oxygen atoms in total. The number of nitrogens with one attached hydrogen (secondary N) is 1. The zero-order valence-electron chi connectivity index (χ0n) is 13.7. The van der Waals surface area contributed by atoms with Crippen molar-refractivity contribution >= 4 is 17.8 Å². The fourth-order valence-electron chi connectivity index (χ4n) is 2.31. The normalized spacial score (nSPS) is 10.8. The second-order valence-electron chi connectivity index (χ2n) is 5.13. The Morgan fingerprint density at radius 1 is 1.12 bits per heavy atom. The molecule has 0 aromatic heterocycles. The van der Waals surface area contributed by atoms with Crippen LogP contribution in [0.15, 0.2) is 47.6 Å². The highest BCUT2D eigenvalue weighted by atomic mass is 16.3. The summed E-state index contributed by atoms with van der Waals surface area (Å²) in [5, 5.41) is 23.5. The molecular formula is C18H21N3O3. The van der Waals surface area contributed by atoms with Crippen molar-refractivity contribution in [3.8, 4) is 11.5 Å². The van der Waals surface area contributed by atoms with Gasteiger partial charge in [-0.15, -0.1) is 0 Å². The van der Waals surface area contributed by atoms with Crippen LogP contribution in [0.25, 0.3) is 0 Å². The van der Waals surface area contributed by atoms with Crippen LogP contribution in [0.1, 0.15) is 29.8 Å². The number of anilines is 1. The minimum Gasteiger partial charge on any atom is -0.507 e. The molecule has 2 rings (SSSR count). The average molecular weight is 327 g/mol. The van der Waals surface area contributed by atoms with Gasteiger partial charge >= 0.3 is 0 Å². The van der Waals surface area contributed by atoms with Crippen molar-refractivity contribution in [2.24, 2.45) is 5.10 Å². The van der Waals surface area contributed by atoms with Gasteiger partial charge in [-0.05, 0) is 38.1 Å². The van der Waals surface area contributed by atoms with Crippen LogP contribution < -0.4 is 10.3 Å². The van der Waals surface area contributed by atoms with Gasteiger partial charge in [0.2, 0.25) is 0 Å². The second kappa shape index (κ2) is 8.01. The smallest absolute Gasteiger partial charge is 0.275 e. The second-order valence-corrected chi connectivity index (χ2v) is 5.13. The molecule has 6 heteroatoms. The minimum atomic E-state index is -0.524. The number of amides is 1. The van der Waals surface area contributed by atoms with Crippen molar-refractivity contribution in [3.63, 3.8) is 0 Å². The van der Waals surface area contributed by atoms with Crippen molar-refractivity contribution in [1.29, 1.82) is 0 Å². The molecule has 0 fully saturated rings. The van der Waals surface area contributed by atoms with Crippen LogP contribution in [0, 0.1) is 0 Å². The van der Waals surface area contributed by atoms with Gasteiger partial charge in [-0.1, -0.05) is 12.1 Å². The third-order valence-electron chi connectivity index (χ3n) is 3.66. The fraction of sp³-hybridized carbons (Fsp3) is 0.222. The number of para-hydroxylation sites is 1. The lowest BCUT2D eigenvalue weighted by Gasteiger charge is -2.21. The molecule has 1 amide bonds. The van der Waals surface area contributed by atoms with E-state index in [9.17, 15) is 15.0 Å². The van der Waals surface area contributed by atoms with Crippen molar-refractivity contribution in [3.05, 3.63) is 53.6 Å². The van der Waals surface area contributed by atoms with Crippen molar-refractivity contribution in [2.45, 2.75) is 13.8 Å². The minimum absolute atomic E-state index is 0.0833. The van der Waals surface area contributed by atoms with Gasteiger partial charge < -0.3 is 15.1 Å². The number of aromatic hydroxyl groups is 2. The summed E-state index contributed by atoms with van der Waals surface area (Å²) in [6.07, 6.45) is 1.36. The highest BCUT2D eigenvalue weighted by molar-refractivity contribution is 5.97. The zero-order chi connectivity index (χ0) is 17.5. The van der Waals surface area contributed by atoms with E-state index in [0.29, 0.717) is 5.56 Å². The summed E-state index contributed by atoms with van der Waals surface area (Å²) in [6, 6.07) is 11.5. The predicted octanol–water partition coefficient (Wildman–Crippen LogP) is 2.71. The summed E-state index contributed by atoms with van der Waals surface area (Å²) in [5.41, 5.74) is 3.87. The van der Waals surface area contributed by atoms with Crippen LogP contribution in [-0.2, 0) is 0 Å². The summed E-state index contributed by atoms with van der Waals surface area (Å²) in [6.45, 7) is 5.79. The van der Waals surface area contributed by atoms with Gasteiger partial charge in [0.1, 0.15) is 11.5 Å². The highest BCUT2D eigenvalue weighted by Gasteiger charge is 2.09. The van der Waals surface area contributed by atoms with E-state index in [1.54, 1.807) is 24.3 Å². The van der Waals surface area contributed by atoms with E-state index in [-0.39, 0.29) is 17.1 Å². The van der Waals surface area contributed by atoms with E-state index in [4.69, 9.17) is 0 Å². The molecule has 0 aliphatic carbocycles. The Bertz CT molecular complexity index is 740. The van der Waals surface area contributed by atoms with E-state index in [0.717, 1.165) is 18.8 Å². The molecule has 2 aromatic carbocycles. The number of phenolic OH excluding ortho intramolecular Hbond substituents is 2. The summed E-state index contributed by atoms with van der Waals surface area (Å²) < 4.78 is 0. The quantitative estimate of drug-likeness (QED) is 0.562. The highest BCUT2D eigenvalue weighted by Crippen LogP contribution is 2.23. The number of carbonyl (C=O) groups excluding carboxylic acids is 1. The molecule has 0 spiro atoms. The molecule has 126 valence electrons. The summed E-state index contributed by atoms with van der Waals surface area (Å²) in [7, 11) is 0. The van der Waals surface area contributed by atoms with Crippen LogP contribution in [0.2, 0.25) is 0 Å². The first-order chi connectivity index (χ1) is 11.6. The van der Waals surface area contributed by atoms with Gasteiger partial charge in [0, 0.05) is 30.4 Å². The number of hydrogen-bond acceptors (Lipinski definition) is 5. The first kappa shape index (κ1) is 17.3. The van der Waals surface area contributed by atoms with Crippen LogP contribution in [-0.4, -0.2) is 35.4 Å². The number of benzene rings is 2. The summed E-state index contributed by atoms with van der Waals surface area (Å²) in [5.74, 6) is -0.555. The monoisotopic (exact) mass is 327 g/mol. The molecule has 2 aromatic rings. The molecule has 0 radical (unpaired) electrons. The van der Waals surface area contributed by atoms with Gasteiger partial charge in [-0.3, -0.25) is 4.79 Å². The van der Waals surface area contributed by atoms with Crippen LogP contribution in [0.3, 0.4) is 0 Å². The molecule has 0 heterocycles. The summed E-state index contributed by atoms with van der Waals surface area (Å²) >= 11 is 0. The SMILES string of the molecule is CCN(CC)c1ccc(/C=N/NC(=O)c2ccccc2O)c(O)c1. The number of nitrogens with zero attached hydrogens (tertiary/aromatic N) is 2. The number of hydrogen-bond donors (Lipinski definition) is 3. The van der Waals surface area contributed by atoms with Crippen molar-refractivity contribution in [1.82, 2.24) is 5.43 Å². The lowest BCUT2D eigenvalue weighted by Crippen LogP contribution is -2.21. The molecule has 0 atom stereocenters. The topological polar surface area (TPSA) is 85.2 Å². The van der Waals surface area contributed by atoms with Crippen LogP contribution in [0.4, 0.5) is 5.69 Å². The molecule has 0 aliphatic heterocycles. The van der Waals surface area contributed by atoms with E-state index in [2.05, 4.69) is 15.4 Å². The average Bonchev–Trinajstić information content (AvgIpc) is 2.58. The van der Waals surface area contributed by atoms with Gasteiger partial charge in [0.15, 0.2) is 0 Å². The molecule has 0 saturated heterocycles. The number of carbonyl (C=O) groups is 1. The molecule has 24 heavy (non-hydrogen) atoms. The van der Waals surface area contributed by atoms with Crippen LogP contribution in [0.5, 0.6) is 11.5 Å². The maximum Gasteiger partial charge on any atom is 0.275 e. The first-order valence-corrected chi connectivity index (χ1v) is 7.76. The molecule has 0 unspecified atom stereocenters. The van der Waals surface area contributed by atoms with E-state index in [1.807, 2.05) is 19.9 Å². The summed E-state index contributed by atoms with van der Waals surface area (Å²) in [4.78, 5) is 14.0. The lowest BCUT2D eigenvalue weighted by molar-refractivity contribution is 0.0952. The van der Waals surface area contributed by atoms with E-state index >= 15 is 0 Å². The standard InChI is InChI=1S/C18H21N3O3/c1-3-21(4-2)14-10-9-13(17(23)11-14)12-19-20-18(24)15-7-5-6-8-16(15)22/h5-12,22-23H,3-4H2,1-2H3,(H,20,24)/b19-12+. The Labute approximate surface area is 141 Å². The maximum absolute atomic E-state index is 11.9. The Kier molecular flexibility index (Phi) is 5.78. The maximum atomic E-state index is 11.9. The molecule has 0 saturated carbocycles. The third-order valence-corrected chi connectivity index (χ3v) is 3.66. The van der Waals surface area contributed by atoms with Gasteiger partial charge in [-0.25, -0.2) is 5.43 Å². The van der Waals surface area contributed by atoms with Gasteiger partial charge in [0.05, 0.1) is 11.8 Å². The zero-order valence-corrected chi connectivity index (χ0v) is 13.7. The van der Waals surface area contributed by atoms with Crippen molar-refractivity contribution in [2.75, 3.05) is 18.0 Å². The lowest BCUT2D eigenvalue weighted by atomic mass is 10.2. The Hall–Kier alpha value is -3.02.